The summed E-state index contributed by atoms with van der Waals surface area (Å²) in [5, 5.41) is 12.7. The molecule has 138 valence electrons. The Morgan fingerprint density at radius 2 is 1.88 bits per heavy atom. The van der Waals surface area contributed by atoms with Gasteiger partial charge >= 0.3 is 0 Å². The molecule has 0 saturated heterocycles. The number of carbonyl (C=O) groups excluding carboxylic acids is 3. The van der Waals surface area contributed by atoms with Gasteiger partial charge in [0.15, 0.2) is 5.69 Å². The Morgan fingerprint density at radius 3 is 2.42 bits per heavy atom. The number of nitrogens with one attached hydrogen (secondary N) is 2. The summed E-state index contributed by atoms with van der Waals surface area (Å²) in [5.74, 6) is -0.899. The minimum Gasteiger partial charge on any atom is -0.366 e. The molecule has 2 rings (SSSR count). The van der Waals surface area contributed by atoms with Gasteiger partial charge in [0.05, 0.1) is 12.1 Å². The number of H-pyrrole nitrogens is 1. The number of aryl methyl sites for hydroxylation is 1. The van der Waals surface area contributed by atoms with Gasteiger partial charge in [0.2, 0.25) is 11.8 Å². The largest absolute Gasteiger partial charge is 0.366 e. The number of rotatable bonds is 8. The number of hydrogen-bond donors (Lipinski definition) is 3. The Morgan fingerprint density at radius 1 is 1.19 bits per heavy atom. The summed E-state index contributed by atoms with van der Waals surface area (Å²) in [6, 6.07) is 6.62. The standard InChI is InChI=1S/C17H22N6O3/c1-3-23(9-8-19-17(26)15-11(2)20-22-21-15)14(24)10-12-4-6-13(7-5-12)16(18)25/h4-7H,3,8-10H2,1-2H3,(H2,18,25)(H,19,26)(H,20,21,22). The molecule has 4 N–H and O–H groups in total. The van der Waals surface area contributed by atoms with Crippen LogP contribution >= 0.6 is 0 Å². The Labute approximate surface area is 150 Å². The summed E-state index contributed by atoms with van der Waals surface area (Å²) < 4.78 is 0. The predicted molar refractivity (Wildman–Crippen MR) is 94.4 cm³/mol. The van der Waals surface area contributed by atoms with Gasteiger partial charge in [-0.2, -0.15) is 15.4 Å². The molecule has 0 fully saturated rings. The van der Waals surface area contributed by atoms with Crippen molar-refractivity contribution in [1.82, 2.24) is 25.6 Å². The zero-order valence-electron chi connectivity index (χ0n) is 14.8. The van der Waals surface area contributed by atoms with Crippen LogP contribution in [0.3, 0.4) is 0 Å². The molecule has 0 radical (unpaired) electrons. The van der Waals surface area contributed by atoms with Gasteiger partial charge in [0, 0.05) is 25.2 Å². The lowest BCUT2D eigenvalue weighted by Gasteiger charge is -2.21. The molecule has 0 spiro atoms. The molecule has 3 amide bonds. The van der Waals surface area contributed by atoms with E-state index in [-0.39, 0.29) is 23.9 Å². The third kappa shape index (κ3) is 4.88. The van der Waals surface area contributed by atoms with E-state index in [0.717, 1.165) is 5.56 Å². The molecule has 9 heteroatoms. The molecule has 0 saturated carbocycles. The Kier molecular flexibility index (Phi) is 6.42. The van der Waals surface area contributed by atoms with E-state index in [1.165, 1.54) is 0 Å². The topological polar surface area (TPSA) is 134 Å². The molecule has 1 heterocycles. The first-order valence-corrected chi connectivity index (χ1v) is 8.24. The van der Waals surface area contributed by atoms with Crippen LogP contribution in [0.5, 0.6) is 0 Å². The smallest absolute Gasteiger partial charge is 0.273 e. The van der Waals surface area contributed by atoms with Crippen LogP contribution in [0.4, 0.5) is 0 Å². The molecule has 2 aromatic rings. The minimum absolute atomic E-state index is 0.0637. The Bertz CT molecular complexity index is 784. The second kappa shape index (κ2) is 8.75. The van der Waals surface area contributed by atoms with Gasteiger partial charge in [-0.1, -0.05) is 12.1 Å². The van der Waals surface area contributed by atoms with Crippen LogP contribution in [0, 0.1) is 6.92 Å². The fourth-order valence-electron chi connectivity index (χ4n) is 2.42. The van der Waals surface area contributed by atoms with E-state index >= 15 is 0 Å². The quantitative estimate of drug-likeness (QED) is 0.612. The monoisotopic (exact) mass is 358 g/mol. The number of primary amides is 1. The lowest BCUT2D eigenvalue weighted by Crippen LogP contribution is -2.39. The van der Waals surface area contributed by atoms with Crippen molar-refractivity contribution in [2.75, 3.05) is 19.6 Å². The highest BCUT2D eigenvalue weighted by atomic mass is 16.2. The van der Waals surface area contributed by atoms with Crippen molar-refractivity contribution < 1.29 is 14.4 Å². The summed E-state index contributed by atoms with van der Waals surface area (Å²) >= 11 is 0. The fraction of sp³-hybridized carbons (Fsp3) is 0.353. The van der Waals surface area contributed by atoms with Gasteiger partial charge in [-0.05, 0) is 31.5 Å². The zero-order valence-corrected chi connectivity index (χ0v) is 14.8. The first-order valence-electron chi connectivity index (χ1n) is 8.24. The second-order valence-corrected chi connectivity index (χ2v) is 5.72. The van der Waals surface area contributed by atoms with E-state index in [9.17, 15) is 14.4 Å². The minimum atomic E-state index is -0.504. The zero-order chi connectivity index (χ0) is 19.1. The number of hydrogen-bond acceptors (Lipinski definition) is 5. The summed E-state index contributed by atoms with van der Waals surface area (Å²) in [6.07, 6.45) is 0.212. The number of benzene rings is 1. The number of nitrogens with two attached hydrogens (primary N) is 1. The molecular weight excluding hydrogens is 336 g/mol. The van der Waals surface area contributed by atoms with E-state index in [4.69, 9.17) is 5.73 Å². The van der Waals surface area contributed by atoms with E-state index in [1.54, 1.807) is 36.1 Å². The summed E-state index contributed by atoms with van der Waals surface area (Å²) in [7, 11) is 0. The summed E-state index contributed by atoms with van der Waals surface area (Å²) in [4.78, 5) is 37.1. The van der Waals surface area contributed by atoms with Gasteiger partial charge in [0.1, 0.15) is 0 Å². The molecule has 1 aromatic heterocycles. The molecule has 0 unspecified atom stereocenters. The van der Waals surface area contributed by atoms with Crippen LogP contribution in [-0.4, -0.2) is 57.7 Å². The van der Waals surface area contributed by atoms with Gasteiger partial charge in [-0.3, -0.25) is 14.4 Å². The van der Waals surface area contributed by atoms with E-state index in [1.807, 2.05) is 6.92 Å². The second-order valence-electron chi connectivity index (χ2n) is 5.72. The molecule has 9 nitrogen and oxygen atoms in total. The third-order valence-corrected chi connectivity index (χ3v) is 3.93. The van der Waals surface area contributed by atoms with Crippen molar-refractivity contribution in [3.8, 4) is 0 Å². The molecule has 0 atom stereocenters. The number of amides is 3. The Hall–Kier alpha value is -3.23. The maximum Gasteiger partial charge on any atom is 0.273 e. The first kappa shape index (κ1) is 19.1. The van der Waals surface area contributed by atoms with Crippen LogP contribution < -0.4 is 11.1 Å². The Balaban J connectivity index is 1.85. The lowest BCUT2D eigenvalue weighted by molar-refractivity contribution is -0.130. The molecule has 0 aliphatic rings. The molecule has 0 bridgehead atoms. The average Bonchev–Trinajstić information content (AvgIpc) is 3.05. The highest BCUT2D eigenvalue weighted by Gasteiger charge is 2.15. The van der Waals surface area contributed by atoms with Gasteiger partial charge in [-0.25, -0.2) is 0 Å². The van der Waals surface area contributed by atoms with Gasteiger partial charge in [0.25, 0.3) is 5.91 Å². The molecular formula is C17H22N6O3. The number of aromatic nitrogens is 3. The van der Waals surface area contributed by atoms with Crippen LogP contribution in [0.1, 0.15) is 39.0 Å². The average molecular weight is 358 g/mol. The highest BCUT2D eigenvalue weighted by Crippen LogP contribution is 2.07. The van der Waals surface area contributed by atoms with Crippen LogP contribution in [0.2, 0.25) is 0 Å². The van der Waals surface area contributed by atoms with E-state index < -0.39 is 5.91 Å². The van der Waals surface area contributed by atoms with Crippen molar-refractivity contribution >= 4 is 17.7 Å². The van der Waals surface area contributed by atoms with E-state index in [2.05, 4.69) is 20.7 Å². The molecule has 1 aromatic carbocycles. The molecule has 0 aliphatic carbocycles. The van der Waals surface area contributed by atoms with Gasteiger partial charge in [-0.15, -0.1) is 0 Å². The van der Waals surface area contributed by atoms with E-state index in [0.29, 0.717) is 30.9 Å². The summed E-state index contributed by atoms with van der Waals surface area (Å²) in [5.41, 5.74) is 7.16. The van der Waals surface area contributed by atoms with Crippen LogP contribution in [0.25, 0.3) is 0 Å². The highest BCUT2D eigenvalue weighted by molar-refractivity contribution is 5.93. The van der Waals surface area contributed by atoms with Crippen molar-refractivity contribution in [2.45, 2.75) is 20.3 Å². The number of aromatic amines is 1. The maximum absolute atomic E-state index is 12.4. The normalized spacial score (nSPS) is 10.4. The number of carbonyl (C=O) groups is 3. The van der Waals surface area contributed by atoms with Crippen LogP contribution in [-0.2, 0) is 11.2 Å². The lowest BCUT2D eigenvalue weighted by atomic mass is 10.1. The first-order chi connectivity index (χ1) is 12.4. The van der Waals surface area contributed by atoms with Crippen molar-refractivity contribution in [3.63, 3.8) is 0 Å². The maximum atomic E-state index is 12.4. The SMILES string of the molecule is CCN(CCNC(=O)c1n[nH]nc1C)C(=O)Cc1ccc(C(N)=O)cc1. The summed E-state index contributed by atoms with van der Waals surface area (Å²) in [6.45, 7) is 4.78. The number of likely N-dealkylation sites (N-methyl/N-ethyl adjacent to an activating group) is 1. The third-order valence-electron chi connectivity index (χ3n) is 3.93. The molecule has 26 heavy (non-hydrogen) atoms. The predicted octanol–water partition coefficient (Wildman–Crippen LogP) is 0.0330. The molecule has 0 aliphatic heterocycles. The fourth-order valence-corrected chi connectivity index (χ4v) is 2.42. The van der Waals surface area contributed by atoms with Crippen molar-refractivity contribution in [3.05, 3.63) is 46.8 Å². The van der Waals surface area contributed by atoms with Crippen LogP contribution in [0.15, 0.2) is 24.3 Å². The van der Waals surface area contributed by atoms with Gasteiger partial charge < -0.3 is 16.0 Å². The van der Waals surface area contributed by atoms with Crippen molar-refractivity contribution in [2.24, 2.45) is 5.73 Å². The number of nitrogens with zero attached hydrogens (tertiary/aromatic N) is 3. The van der Waals surface area contributed by atoms with Crippen molar-refractivity contribution in [1.29, 1.82) is 0 Å².